The number of rotatable bonds is 2. The third kappa shape index (κ3) is 6.16. The maximum Gasteiger partial charge on any atom is 0.335 e. The molecule has 0 fully saturated rings. The van der Waals surface area contributed by atoms with Crippen molar-refractivity contribution in [3.05, 3.63) is 35.9 Å². The highest BCUT2D eigenvalue weighted by Crippen LogP contribution is 1.96. The highest BCUT2D eigenvalue weighted by atomic mass is 16.4. The van der Waals surface area contributed by atoms with Crippen LogP contribution < -0.4 is 5.32 Å². The van der Waals surface area contributed by atoms with Crippen molar-refractivity contribution in [3.8, 4) is 0 Å². The van der Waals surface area contributed by atoms with Gasteiger partial charge in [0.15, 0.2) is 0 Å². The molecule has 1 atom stereocenters. The van der Waals surface area contributed by atoms with E-state index >= 15 is 0 Å². The van der Waals surface area contributed by atoms with E-state index in [4.69, 9.17) is 10.2 Å². The van der Waals surface area contributed by atoms with Gasteiger partial charge in [-0.05, 0) is 26.1 Å². The minimum Gasteiger partial charge on any atom is -0.478 e. The fourth-order valence-corrected chi connectivity index (χ4v) is 0.581. The first-order valence-electron chi connectivity index (χ1n) is 4.21. The largest absolute Gasteiger partial charge is 0.478 e. The quantitative estimate of drug-likeness (QED) is 0.617. The van der Waals surface area contributed by atoms with E-state index in [1.165, 1.54) is 0 Å². The predicted octanol–water partition coefficient (Wildman–Crippen LogP) is 0.929. The van der Waals surface area contributed by atoms with Crippen LogP contribution in [0, 0.1) is 0 Å². The maximum atomic E-state index is 10.2. The molecule has 1 unspecified atom stereocenters. The average molecular weight is 197 g/mol. The van der Waals surface area contributed by atoms with Crippen LogP contribution in [0.15, 0.2) is 30.3 Å². The lowest BCUT2D eigenvalue weighted by atomic mass is 10.2. The van der Waals surface area contributed by atoms with E-state index in [-0.39, 0.29) is 6.23 Å². The lowest BCUT2D eigenvalue weighted by Crippen LogP contribution is -2.19. The molecule has 3 N–H and O–H groups in total. The van der Waals surface area contributed by atoms with Crippen molar-refractivity contribution in [1.82, 2.24) is 5.32 Å². The van der Waals surface area contributed by atoms with Crippen molar-refractivity contribution in [2.45, 2.75) is 13.2 Å². The van der Waals surface area contributed by atoms with Crippen molar-refractivity contribution in [2.24, 2.45) is 0 Å². The molecule has 0 saturated carbocycles. The van der Waals surface area contributed by atoms with E-state index in [0.29, 0.717) is 5.56 Å². The standard InChI is InChI=1S/C7H6O2.C3H9NO/c8-7(9)6-4-2-1-3-5-6;1-3(5)4-2/h1-5H,(H,8,9);3-5H,1-2H3. The molecular weight excluding hydrogens is 182 g/mol. The summed E-state index contributed by atoms with van der Waals surface area (Å²) in [5, 5.41) is 19.2. The summed E-state index contributed by atoms with van der Waals surface area (Å²) in [4.78, 5) is 10.2. The third-order valence-corrected chi connectivity index (χ3v) is 1.44. The molecule has 0 aromatic heterocycles. The van der Waals surface area contributed by atoms with Gasteiger partial charge >= 0.3 is 5.97 Å². The summed E-state index contributed by atoms with van der Waals surface area (Å²) in [6.07, 6.45) is -0.366. The lowest BCUT2D eigenvalue weighted by Gasteiger charge is -1.94. The normalized spacial score (nSPS) is 11.1. The Kier molecular flexibility index (Phi) is 6.36. The first kappa shape index (κ1) is 12.6. The fourth-order valence-electron chi connectivity index (χ4n) is 0.581. The second kappa shape index (κ2) is 7.06. The van der Waals surface area contributed by atoms with Gasteiger partial charge in [-0.3, -0.25) is 5.32 Å². The van der Waals surface area contributed by atoms with Gasteiger partial charge in [0, 0.05) is 0 Å². The van der Waals surface area contributed by atoms with Crippen LogP contribution in [0.5, 0.6) is 0 Å². The molecule has 1 aromatic carbocycles. The zero-order chi connectivity index (χ0) is 11.0. The maximum absolute atomic E-state index is 10.2. The van der Waals surface area contributed by atoms with Crippen molar-refractivity contribution in [3.63, 3.8) is 0 Å². The Labute approximate surface area is 83.2 Å². The van der Waals surface area contributed by atoms with Gasteiger partial charge in [-0.15, -0.1) is 0 Å². The Morgan fingerprint density at radius 2 is 1.79 bits per heavy atom. The molecule has 0 radical (unpaired) electrons. The summed E-state index contributed by atoms with van der Waals surface area (Å²) < 4.78 is 0. The molecule has 4 heteroatoms. The molecule has 1 aromatic rings. The number of aliphatic hydroxyl groups excluding tert-OH is 1. The first-order valence-corrected chi connectivity index (χ1v) is 4.21. The summed E-state index contributed by atoms with van der Waals surface area (Å²) >= 11 is 0. The van der Waals surface area contributed by atoms with E-state index in [2.05, 4.69) is 5.32 Å². The van der Waals surface area contributed by atoms with Crippen molar-refractivity contribution >= 4 is 5.97 Å². The molecule has 4 nitrogen and oxygen atoms in total. The molecule has 78 valence electrons. The fraction of sp³-hybridized carbons (Fsp3) is 0.300. The number of nitrogens with one attached hydrogen (secondary N) is 1. The summed E-state index contributed by atoms with van der Waals surface area (Å²) in [5.74, 6) is -0.879. The van der Waals surface area contributed by atoms with E-state index in [0.717, 1.165) is 0 Å². The molecule has 0 aliphatic carbocycles. The minimum atomic E-state index is -0.879. The number of carbonyl (C=O) groups is 1. The predicted molar refractivity (Wildman–Crippen MR) is 54.1 cm³/mol. The number of aliphatic hydroxyl groups is 1. The summed E-state index contributed by atoms with van der Waals surface area (Å²) in [6.45, 7) is 1.67. The molecule has 0 bridgehead atoms. The lowest BCUT2D eigenvalue weighted by molar-refractivity contribution is 0.0697. The smallest absolute Gasteiger partial charge is 0.335 e. The molecular formula is C10H15NO3. The summed E-state index contributed by atoms with van der Waals surface area (Å²) in [6, 6.07) is 8.30. The van der Waals surface area contributed by atoms with Gasteiger partial charge in [-0.25, -0.2) is 4.79 Å². The zero-order valence-electron chi connectivity index (χ0n) is 8.27. The first-order chi connectivity index (χ1) is 6.57. The number of hydrogen-bond donors (Lipinski definition) is 3. The highest BCUT2D eigenvalue weighted by molar-refractivity contribution is 5.87. The van der Waals surface area contributed by atoms with Crippen LogP contribution in [0.4, 0.5) is 0 Å². The summed E-state index contributed by atoms with van der Waals surface area (Å²) in [5.41, 5.74) is 0.331. The van der Waals surface area contributed by atoms with Crippen LogP contribution >= 0.6 is 0 Å². The molecule has 0 spiro atoms. The summed E-state index contributed by atoms with van der Waals surface area (Å²) in [7, 11) is 1.70. The molecule has 1 rings (SSSR count). The Morgan fingerprint density at radius 1 is 1.36 bits per heavy atom. The van der Waals surface area contributed by atoms with Gasteiger partial charge in [0.1, 0.15) is 6.23 Å². The van der Waals surface area contributed by atoms with Crippen LogP contribution in [0.3, 0.4) is 0 Å². The third-order valence-electron chi connectivity index (χ3n) is 1.44. The van der Waals surface area contributed by atoms with Crippen molar-refractivity contribution < 1.29 is 15.0 Å². The molecule has 0 amide bonds. The number of benzene rings is 1. The molecule has 0 aliphatic rings. The van der Waals surface area contributed by atoms with Crippen LogP contribution in [-0.4, -0.2) is 29.5 Å². The molecule has 14 heavy (non-hydrogen) atoms. The number of carboxylic acid groups (broad SMARTS) is 1. The highest BCUT2D eigenvalue weighted by Gasteiger charge is 1.96. The van der Waals surface area contributed by atoms with Gasteiger partial charge in [0.05, 0.1) is 5.56 Å². The second-order valence-corrected chi connectivity index (χ2v) is 2.64. The van der Waals surface area contributed by atoms with Crippen LogP contribution in [0.1, 0.15) is 17.3 Å². The van der Waals surface area contributed by atoms with Gasteiger partial charge in [-0.2, -0.15) is 0 Å². The molecule has 0 aliphatic heterocycles. The molecule has 0 saturated heterocycles. The van der Waals surface area contributed by atoms with E-state index in [1.54, 1.807) is 44.3 Å². The topological polar surface area (TPSA) is 69.6 Å². The van der Waals surface area contributed by atoms with E-state index < -0.39 is 5.97 Å². The minimum absolute atomic E-state index is 0.331. The van der Waals surface area contributed by atoms with Gasteiger partial charge in [0.2, 0.25) is 0 Å². The Bertz CT molecular complexity index is 259. The van der Waals surface area contributed by atoms with Gasteiger partial charge in [-0.1, -0.05) is 18.2 Å². The zero-order valence-corrected chi connectivity index (χ0v) is 8.27. The number of aromatic carboxylic acids is 1. The van der Waals surface area contributed by atoms with E-state index in [1.807, 2.05) is 0 Å². The van der Waals surface area contributed by atoms with Gasteiger partial charge < -0.3 is 10.2 Å². The average Bonchev–Trinajstić information content (AvgIpc) is 2.20. The molecule has 0 heterocycles. The SMILES string of the molecule is CNC(C)O.O=C(O)c1ccccc1. The van der Waals surface area contributed by atoms with Crippen LogP contribution in [0.25, 0.3) is 0 Å². The Balaban J connectivity index is 0.000000292. The second-order valence-electron chi connectivity index (χ2n) is 2.64. The monoisotopic (exact) mass is 197 g/mol. The van der Waals surface area contributed by atoms with E-state index in [9.17, 15) is 4.79 Å². The Morgan fingerprint density at radius 3 is 2.00 bits per heavy atom. The van der Waals surface area contributed by atoms with Crippen molar-refractivity contribution in [2.75, 3.05) is 7.05 Å². The number of carboxylic acids is 1. The van der Waals surface area contributed by atoms with Crippen molar-refractivity contribution in [1.29, 1.82) is 0 Å². The Hall–Kier alpha value is -1.39. The van der Waals surface area contributed by atoms with Gasteiger partial charge in [0.25, 0.3) is 0 Å². The van der Waals surface area contributed by atoms with Crippen LogP contribution in [-0.2, 0) is 0 Å². The number of hydrogen-bond acceptors (Lipinski definition) is 3. The van der Waals surface area contributed by atoms with Crippen LogP contribution in [0.2, 0.25) is 0 Å².